The van der Waals surface area contributed by atoms with Crippen LogP contribution in [-0.2, 0) is 6.54 Å². The van der Waals surface area contributed by atoms with Crippen molar-refractivity contribution in [1.82, 2.24) is 24.9 Å². The lowest BCUT2D eigenvalue weighted by atomic mass is 10.1. The number of hydrogen-bond acceptors (Lipinski definition) is 3. The molecule has 0 spiro atoms. The zero-order chi connectivity index (χ0) is 13.2. The second-order valence-electron chi connectivity index (χ2n) is 5.59. The van der Waals surface area contributed by atoms with Crippen molar-refractivity contribution >= 4 is 0 Å². The molecule has 102 valence electrons. The Kier molecular flexibility index (Phi) is 3.38. The molecule has 3 heterocycles. The van der Waals surface area contributed by atoms with E-state index in [2.05, 4.69) is 50.9 Å². The summed E-state index contributed by atoms with van der Waals surface area (Å²) in [6.07, 6.45) is 4.95. The summed E-state index contributed by atoms with van der Waals surface area (Å²) in [4.78, 5) is 2.50. The maximum Gasteiger partial charge on any atom is 0.0527 e. The fourth-order valence-electron chi connectivity index (χ4n) is 2.89. The van der Waals surface area contributed by atoms with Gasteiger partial charge in [0.1, 0.15) is 0 Å². The molecule has 2 aromatic heterocycles. The zero-order valence-corrected chi connectivity index (χ0v) is 11.6. The van der Waals surface area contributed by atoms with Gasteiger partial charge in [0.05, 0.1) is 5.69 Å². The summed E-state index contributed by atoms with van der Waals surface area (Å²) in [7, 11) is 0. The van der Waals surface area contributed by atoms with E-state index in [1.165, 1.54) is 17.8 Å². The van der Waals surface area contributed by atoms with E-state index in [4.69, 9.17) is 0 Å². The molecule has 0 aromatic carbocycles. The Bertz CT molecular complexity index is 514. The minimum atomic E-state index is 0.427. The van der Waals surface area contributed by atoms with Crippen molar-refractivity contribution in [2.45, 2.75) is 38.8 Å². The Labute approximate surface area is 113 Å². The van der Waals surface area contributed by atoms with Crippen molar-refractivity contribution in [3.8, 4) is 0 Å². The van der Waals surface area contributed by atoms with E-state index in [0.29, 0.717) is 12.0 Å². The molecule has 0 aliphatic carbocycles. The first-order chi connectivity index (χ1) is 9.24. The van der Waals surface area contributed by atoms with E-state index < -0.39 is 0 Å². The van der Waals surface area contributed by atoms with Crippen LogP contribution in [-0.4, -0.2) is 38.0 Å². The third kappa shape index (κ3) is 2.56. The summed E-state index contributed by atoms with van der Waals surface area (Å²) < 4.78 is 2.11. The highest BCUT2D eigenvalue weighted by Crippen LogP contribution is 2.26. The summed E-state index contributed by atoms with van der Waals surface area (Å²) in [5.74, 6) is 0.595. The quantitative estimate of drug-likeness (QED) is 0.915. The monoisotopic (exact) mass is 259 g/mol. The second-order valence-corrected chi connectivity index (χ2v) is 5.59. The van der Waals surface area contributed by atoms with Crippen LogP contribution in [0, 0.1) is 0 Å². The van der Waals surface area contributed by atoms with E-state index in [0.717, 1.165) is 19.6 Å². The van der Waals surface area contributed by atoms with Gasteiger partial charge in [0.15, 0.2) is 0 Å². The van der Waals surface area contributed by atoms with Crippen molar-refractivity contribution in [3.63, 3.8) is 0 Å². The zero-order valence-electron chi connectivity index (χ0n) is 11.6. The highest BCUT2D eigenvalue weighted by Gasteiger charge is 2.25. The average molecular weight is 259 g/mol. The maximum absolute atomic E-state index is 4.40. The lowest BCUT2D eigenvalue weighted by molar-refractivity contribution is 0.309. The normalized spacial score (nSPS) is 20.5. The van der Waals surface area contributed by atoms with Crippen LogP contribution in [0.1, 0.15) is 43.6 Å². The highest BCUT2D eigenvalue weighted by atomic mass is 15.3. The summed E-state index contributed by atoms with van der Waals surface area (Å²) in [5, 5.41) is 11.5. The molecule has 1 saturated heterocycles. The summed E-state index contributed by atoms with van der Waals surface area (Å²) in [6.45, 7) is 7.59. The van der Waals surface area contributed by atoms with Gasteiger partial charge in [0.2, 0.25) is 0 Å². The number of nitrogens with one attached hydrogen (secondary N) is 1. The molecule has 1 N–H and O–H groups in total. The number of rotatable bonds is 4. The molecule has 0 unspecified atom stereocenters. The molecule has 3 rings (SSSR count). The van der Waals surface area contributed by atoms with Crippen LogP contribution in [0.5, 0.6) is 0 Å². The fourth-order valence-corrected chi connectivity index (χ4v) is 2.89. The largest absolute Gasteiger partial charge is 0.297 e. The smallest absolute Gasteiger partial charge is 0.0527 e. The van der Waals surface area contributed by atoms with Gasteiger partial charge < -0.3 is 0 Å². The van der Waals surface area contributed by atoms with Crippen molar-refractivity contribution in [1.29, 1.82) is 0 Å². The molecular weight excluding hydrogens is 238 g/mol. The minimum absolute atomic E-state index is 0.427. The van der Waals surface area contributed by atoms with Gasteiger partial charge in [-0.3, -0.25) is 14.7 Å². The average Bonchev–Trinajstić information content (AvgIpc) is 3.09. The summed E-state index contributed by atoms with van der Waals surface area (Å²) >= 11 is 0. The molecule has 5 heteroatoms. The molecule has 5 nitrogen and oxygen atoms in total. The first-order valence-corrected chi connectivity index (χ1v) is 6.98. The Morgan fingerprint density at radius 3 is 3.00 bits per heavy atom. The number of aromatic nitrogens is 4. The molecule has 0 saturated carbocycles. The van der Waals surface area contributed by atoms with Crippen LogP contribution in [0.3, 0.4) is 0 Å². The van der Waals surface area contributed by atoms with E-state index in [1.54, 1.807) is 0 Å². The first-order valence-electron chi connectivity index (χ1n) is 6.98. The van der Waals surface area contributed by atoms with Gasteiger partial charge in [0, 0.05) is 43.1 Å². The summed E-state index contributed by atoms with van der Waals surface area (Å²) in [5.41, 5.74) is 2.57. The number of aromatic amines is 1. The molecule has 1 aliphatic heterocycles. The standard InChI is InChI=1S/C14H21N5/c1-11(2)19-13(3-7-16-19)10-18-8-5-12(9-18)14-4-6-15-17-14/h3-4,6-7,11-12H,5,8-10H2,1-2H3,(H,15,17)/t12-/m1/s1. The van der Waals surface area contributed by atoms with Crippen molar-refractivity contribution in [2.75, 3.05) is 13.1 Å². The number of H-pyrrole nitrogens is 1. The second kappa shape index (κ2) is 5.17. The van der Waals surface area contributed by atoms with Crippen LogP contribution < -0.4 is 0 Å². The third-order valence-corrected chi connectivity index (χ3v) is 3.86. The van der Waals surface area contributed by atoms with Gasteiger partial charge in [-0.2, -0.15) is 10.2 Å². The van der Waals surface area contributed by atoms with Gasteiger partial charge in [-0.1, -0.05) is 0 Å². The van der Waals surface area contributed by atoms with Gasteiger partial charge in [-0.05, 0) is 38.9 Å². The Morgan fingerprint density at radius 1 is 1.37 bits per heavy atom. The lowest BCUT2D eigenvalue weighted by Gasteiger charge is -2.18. The molecule has 2 aromatic rings. The fraction of sp³-hybridized carbons (Fsp3) is 0.571. The topological polar surface area (TPSA) is 49.7 Å². The van der Waals surface area contributed by atoms with Gasteiger partial charge in [0.25, 0.3) is 0 Å². The molecular formula is C14H21N5. The molecule has 19 heavy (non-hydrogen) atoms. The predicted molar refractivity (Wildman–Crippen MR) is 73.8 cm³/mol. The van der Waals surface area contributed by atoms with Crippen molar-refractivity contribution in [3.05, 3.63) is 35.9 Å². The van der Waals surface area contributed by atoms with Gasteiger partial charge in [-0.15, -0.1) is 0 Å². The molecule has 1 atom stereocenters. The Hall–Kier alpha value is -1.62. The van der Waals surface area contributed by atoms with Crippen LogP contribution in [0.25, 0.3) is 0 Å². The van der Waals surface area contributed by atoms with Crippen molar-refractivity contribution < 1.29 is 0 Å². The van der Waals surface area contributed by atoms with Crippen LogP contribution in [0.15, 0.2) is 24.5 Å². The van der Waals surface area contributed by atoms with E-state index >= 15 is 0 Å². The Balaban J connectivity index is 1.64. The van der Waals surface area contributed by atoms with E-state index in [9.17, 15) is 0 Å². The van der Waals surface area contributed by atoms with Gasteiger partial charge in [-0.25, -0.2) is 0 Å². The number of hydrogen-bond donors (Lipinski definition) is 1. The lowest BCUT2D eigenvalue weighted by Crippen LogP contribution is -2.22. The SMILES string of the molecule is CC(C)n1nccc1CN1CC[C@@H](c2ccn[nH]2)C1. The third-order valence-electron chi connectivity index (χ3n) is 3.86. The molecule has 0 radical (unpaired) electrons. The number of likely N-dealkylation sites (tertiary alicyclic amines) is 1. The van der Waals surface area contributed by atoms with Gasteiger partial charge >= 0.3 is 0 Å². The van der Waals surface area contributed by atoms with E-state index in [1.807, 2.05) is 12.4 Å². The Morgan fingerprint density at radius 2 is 2.26 bits per heavy atom. The number of nitrogens with zero attached hydrogens (tertiary/aromatic N) is 4. The minimum Gasteiger partial charge on any atom is -0.297 e. The van der Waals surface area contributed by atoms with Crippen LogP contribution in [0.2, 0.25) is 0 Å². The van der Waals surface area contributed by atoms with Crippen LogP contribution >= 0.6 is 0 Å². The molecule has 0 bridgehead atoms. The maximum atomic E-state index is 4.40. The molecule has 0 amide bonds. The molecule has 1 fully saturated rings. The summed E-state index contributed by atoms with van der Waals surface area (Å²) in [6, 6.07) is 4.65. The van der Waals surface area contributed by atoms with E-state index in [-0.39, 0.29) is 0 Å². The van der Waals surface area contributed by atoms with Crippen LogP contribution in [0.4, 0.5) is 0 Å². The molecule has 1 aliphatic rings. The van der Waals surface area contributed by atoms with Crippen molar-refractivity contribution in [2.24, 2.45) is 0 Å². The predicted octanol–water partition coefficient (Wildman–Crippen LogP) is 2.18. The highest BCUT2D eigenvalue weighted by molar-refractivity contribution is 5.10. The first kappa shape index (κ1) is 12.4.